The van der Waals surface area contributed by atoms with Crippen LogP contribution in [-0.2, 0) is 4.79 Å². The molecule has 5 nitrogen and oxygen atoms in total. The molecule has 27 heavy (non-hydrogen) atoms. The molecule has 0 spiro atoms. The summed E-state index contributed by atoms with van der Waals surface area (Å²) in [6.07, 6.45) is 0.496. The third kappa shape index (κ3) is 4.48. The molecule has 3 N–H and O–H groups in total. The first kappa shape index (κ1) is 19.0. The molecule has 1 fully saturated rings. The van der Waals surface area contributed by atoms with E-state index in [2.05, 4.69) is 48.4 Å². The number of amides is 1. The minimum Gasteiger partial charge on any atom is -0.370 e. The normalized spacial score (nSPS) is 20.4. The zero-order valence-corrected chi connectivity index (χ0v) is 16.2. The Morgan fingerprint density at radius 3 is 2.67 bits per heavy atom. The Kier molecular flexibility index (Phi) is 5.79. The van der Waals surface area contributed by atoms with Crippen LogP contribution in [0, 0.1) is 5.92 Å². The molecule has 1 aliphatic rings. The number of carbonyl (C=O) groups excluding carboxylic acids is 1. The lowest BCUT2D eigenvalue weighted by molar-refractivity contribution is -0.127. The molecule has 3 rings (SSSR count). The summed E-state index contributed by atoms with van der Waals surface area (Å²) >= 11 is 0. The molecule has 0 radical (unpaired) electrons. The first-order valence-electron chi connectivity index (χ1n) is 9.43. The first-order valence-corrected chi connectivity index (χ1v) is 9.43. The summed E-state index contributed by atoms with van der Waals surface area (Å²) in [5.74, 6) is 1.11. The molecule has 0 aromatic heterocycles. The van der Waals surface area contributed by atoms with Crippen LogP contribution in [0.1, 0.15) is 43.4 Å². The van der Waals surface area contributed by atoms with Crippen molar-refractivity contribution >= 4 is 17.6 Å². The van der Waals surface area contributed by atoms with Gasteiger partial charge in [-0.05, 0) is 29.2 Å². The zero-order valence-electron chi connectivity index (χ0n) is 16.2. The number of anilines is 1. The SMILES string of the molecule is CC(C)c1cccc(NC(N)=NCC2CC(=O)N(C)C2c2ccccc2)c1. The van der Waals surface area contributed by atoms with Crippen molar-refractivity contribution in [3.8, 4) is 0 Å². The lowest BCUT2D eigenvalue weighted by Crippen LogP contribution is -2.27. The number of hydrogen-bond donors (Lipinski definition) is 2. The zero-order chi connectivity index (χ0) is 19.4. The van der Waals surface area contributed by atoms with Crippen LogP contribution in [0.15, 0.2) is 59.6 Å². The Morgan fingerprint density at radius 2 is 1.96 bits per heavy atom. The summed E-state index contributed by atoms with van der Waals surface area (Å²) in [7, 11) is 1.86. The van der Waals surface area contributed by atoms with Crippen LogP contribution in [-0.4, -0.2) is 30.4 Å². The van der Waals surface area contributed by atoms with Gasteiger partial charge in [-0.15, -0.1) is 0 Å². The highest BCUT2D eigenvalue weighted by Gasteiger charge is 2.38. The second-order valence-corrected chi connectivity index (χ2v) is 7.46. The Hall–Kier alpha value is -2.82. The second-order valence-electron chi connectivity index (χ2n) is 7.46. The van der Waals surface area contributed by atoms with Gasteiger partial charge in [0.25, 0.3) is 0 Å². The number of likely N-dealkylation sites (tertiary alicyclic amines) is 1. The van der Waals surface area contributed by atoms with E-state index in [1.54, 1.807) is 0 Å². The maximum atomic E-state index is 12.2. The number of guanidine groups is 1. The summed E-state index contributed by atoms with van der Waals surface area (Å²) in [5, 5.41) is 3.17. The largest absolute Gasteiger partial charge is 0.370 e. The van der Waals surface area contributed by atoms with Crippen molar-refractivity contribution in [1.82, 2.24) is 4.90 Å². The van der Waals surface area contributed by atoms with E-state index in [1.807, 2.05) is 42.3 Å². The van der Waals surface area contributed by atoms with Gasteiger partial charge in [-0.3, -0.25) is 9.79 Å². The minimum absolute atomic E-state index is 0.0412. The molecule has 2 aromatic rings. The quantitative estimate of drug-likeness (QED) is 0.627. The maximum absolute atomic E-state index is 12.2. The summed E-state index contributed by atoms with van der Waals surface area (Å²) in [6, 6.07) is 18.4. The van der Waals surface area contributed by atoms with Gasteiger partial charge in [0.2, 0.25) is 5.91 Å². The van der Waals surface area contributed by atoms with Crippen LogP contribution < -0.4 is 11.1 Å². The molecule has 0 saturated carbocycles. The van der Waals surface area contributed by atoms with Crippen LogP contribution in [0.3, 0.4) is 0 Å². The van der Waals surface area contributed by atoms with Gasteiger partial charge < -0.3 is 16.0 Å². The molecule has 1 amide bonds. The topological polar surface area (TPSA) is 70.7 Å². The molecule has 2 unspecified atom stereocenters. The van der Waals surface area contributed by atoms with Gasteiger partial charge in [-0.1, -0.05) is 56.3 Å². The monoisotopic (exact) mass is 364 g/mol. The molecular formula is C22H28N4O. The summed E-state index contributed by atoms with van der Waals surface area (Å²) < 4.78 is 0. The van der Waals surface area contributed by atoms with Gasteiger partial charge in [0.15, 0.2) is 5.96 Å². The van der Waals surface area contributed by atoms with Crippen molar-refractivity contribution in [1.29, 1.82) is 0 Å². The molecule has 1 saturated heterocycles. The van der Waals surface area contributed by atoms with Gasteiger partial charge in [-0.25, -0.2) is 0 Å². The predicted molar refractivity (Wildman–Crippen MR) is 111 cm³/mol. The van der Waals surface area contributed by atoms with Crippen molar-refractivity contribution in [3.05, 3.63) is 65.7 Å². The molecule has 0 bridgehead atoms. The fourth-order valence-corrected chi connectivity index (χ4v) is 3.64. The van der Waals surface area contributed by atoms with Crippen LogP contribution in [0.4, 0.5) is 5.69 Å². The van der Waals surface area contributed by atoms with Crippen LogP contribution in [0.25, 0.3) is 0 Å². The van der Waals surface area contributed by atoms with Crippen molar-refractivity contribution in [3.63, 3.8) is 0 Å². The number of carbonyl (C=O) groups is 1. The van der Waals surface area contributed by atoms with Crippen molar-refractivity contribution in [2.24, 2.45) is 16.6 Å². The van der Waals surface area contributed by atoms with E-state index in [0.717, 1.165) is 11.3 Å². The van der Waals surface area contributed by atoms with Crippen LogP contribution in [0.2, 0.25) is 0 Å². The third-order valence-corrected chi connectivity index (χ3v) is 5.16. The van der Waals surface area contributed by atoms with E-state index in [9.17, 15) is 4.79 Å². The summed E-state index contributed by atoms with van der Waals surface area (Å²) in [5.41, 5.74) is 9.43. The molecule has 0 aliphatic carbocycles. The lowest BCUT2D eigenvalue weighted by atomic mass is 9.94. The van der Waals surface area contributed by atoms with Gasteiger partial charge in [-0.2, -0.15) is 0 Å². The fraction of sp³-hybridized carbons (Fsp3) is 0.364. The maximum Gasteiger partial charge on any atom is 0.223 e. The molecule has 5 heteroatoms. The average molecular weight is 364 g/mol. The van der Waals surface area contributed by atoms with Crippen molar-refractivity contribution < 1.29 is 4.79 Å². The summed E-state index contributed by atoms with van der Waals surface area (Å²) in [4.78, 5) is 18.6. The molecule has 1 heterocycles. The lowest BCUT2D eigenvalue weighted by Gasteiger charge is -2.24. The predicted octanol–water partition coefficient (Wildman–Crippen LogP) is 3.76. The average Bonchev–Trinajstić information content (AvgIpc) is 2.95. The standard InChI is InChI=1S/C22H28N4O/c1-15(2)17-10-7-11-19(12-17)25-22(23)24-14-18-13-20(27)26(3)21(18)16-8-5-4-6-9-16/h4-12,15,18,21H,13-14H2,1-3H3,(H3,23,24,25). The van der Waals surface area contributed by atoms with E-state index >= 15 is 0 Å². The van der Waals surface area contributed by atoms with Gasteiger partial charge in [0.05, 0.1) is 6.04 Å². The van der Waals surface area contributed by atoms with E-state index < -0.39 is 0 Å². The van der Waals surface area contributed by atoms with Crippen LogP contribution in [0.5, 0.6) is 0 Å². The number of nitrogens with zero attached hydrogens (tertiary/aromatic N) is 2. The Labute approximate surface area is 161 Å². The first-order chi connectivity index (χ1) is 13.0. The van der Waals surface area contributed by atoms with E-state index in [1.165, 1.54) is 5.56 Å². The Balaban J connectivity index is 1.70. The van der Waals surface area contributed by atoms with E-state index in [0.29, 0.717) is 24.8 Å². The smallest absolute Gasteiger partial charge is 0.223 e. The Morgan fingerprint density at radius 1 is 1.22 bits per heavy atom. The highest BCUT2D eigenvalue weighted by atomic mass is 16.2. The van der Waals surface area contributed by atoms with E-state index in [4.69, 9.17) is 5.73 Å². The van der Waals surface area contributed by atoms with Crippen LogP contribution >= 0.6 is 0 Å². The van der Waals surface area contributed by atoms with Gasteiger partial charge in [0, 0.05) is 31.6 Å². The highest BCUT2D eigenvalue weighted by Crippen LogP contribution is 2.36. The summed E-state index contributed by atoms with van der Waals surface area (Å²) in [6.45, 7) is 4.83. The molecule has 1 aliphatic heterocycles. The number of rotatable bonds is 5. The molecular weight excluding hydrogens is 336 g/mol. The number of aliphatic imine (C=N–C) groups is 1. The third-order valence-electron chi connectivity index (χ3n) is 5.16. The number of nitrogens with one attached hydrogen (secondary N) is 1. The van der Waals surface area contributed by atoms with Gasteiger partial charge >= 0.3 is 0 Å². The van der Waals surface area contributed by atoms with Gasteiger partial charge in [0.1, 0.15) is 0 Å². The number of hydrogen-bond acceptors (Lipinski definition) is 2. The molecule has 2 aromatic carbocycles. The number of benzene rings is 2. The Bertz CT molecular complexity index is 816. The second kappa shape index (κ2) is 8.25. The minimum atomic E-state index is 0.0412. The fourth-order valence-electron chi connectivity index (χ4n) is 3.64. The molecule has 142 valence electrons. The molecule has 2 atom stereocenters. The van der Waals surface area contributed by atoms with Crippen molar-refractivity contribution in [2.45, 2.75) is 32.2 Å². The van der Waals surface area contributed by atoms with Crippen molar-refractivity contribution in [2.75, 3.05) is 18.9 Å². The number of nitrogens with two attached hydrogens (primary N) is 1. The highest BCUT2D eigenvalue weighted by molar-refractivity contribution is 5.92. The van der Waals surface area contributed by atoms with E-state index in [-0.39, 0.29) is 17.9 Å².